The third kappa shape index (κ3) is 4.82. The highest BCUT2D eigenvalue weighted by Gasteiger charge is 2.24. The molecule has 0 saturated carbocycles. The zero-order valence-corrected chi connectivity index (χ0v) is 12.9. The number of carboxylic acid groups (broad SMARTS) is 1. The topological polar surface area (TPSA) is 92.5 Å². The van der Waals surface area contributed by atoms with Crippen molar-refractivity contribution in [2.75, 3.05) is 31.6 Å². The number of hydrogen-bond acceptors (Lipinski definition) is 5. The second kappa shape index (κ2) is 6.57. The molecule has 0 aliphatic carbocycles. The van der Waals surface area contributed by atoms with E-state index in [-0.39, 0.29) is 18.2 Å². The highest BCUT2D eigenvalue weighted by molar-refractivity contribution is 7.90. The molecule has 1 aliphatic heterocycles. The Kier molecular flexibility index (Phi) is 5.00. The van der Waals surface area contributed by atoms with Crippen LogP contribution in [0.4, 0.5) is 0 Å². The van der Waals surface area contributed by atoms with Gasteiger partial charge in [-0.1, -0.05) is 0 Å². The first-order chi connectivity index (χ1) is 9.85. The molecule has 2 heterocycles. The van der Waals surface area contributed by atoms with Crippen molar-refractivity contribution in [1.82, 2.24) is 14.7 Å². The number of carbonyl (C=O) groups is 1. The Bertz CT molecular complexity index is 596. The van der Waals surface area contributed by atoms with Crippen LogP contribution in [0.25, 0.3) is 0 Å². The van der Waals surface area contributed by atoms with Gasteiger partial charge >= 0.3 is 5.97 Å². The SMILES string of the molecule is CS(=O)(=O)CCN1CCCC(c2ccnn2CC(=O)O)C1. The largest absolute Gasteiger partial charge is 0.480 e. The fourth-order valence-corrected chi connectivity index (χ4v) is 3.33. The molecule has 0 amide bonds. The van der Waals surface area contributed by atoms with Crippen LogP contribution in [0.15, 0.2) is 12.3 Å². The molecule has 0 spiro atoms. The molecule has 8 heteroatoms. The van der Waals surface area contributed by atoms with Crippen LogP contribution in [0.5, 0.6) is 0 Å². The molecule has 21 heavy (non-hydrogen) atoms. The molecule has 1 saturated heterocycles. The molecule has 0 radical (unpaired) electrons. The summed E-state index contributed by atoms with van der Waals surface area (Å²) >= 11 is 0. The Balaban J connectivity index is 2.01. The molecular formula is C13H21N3O4S. The second-order valence-corrected chi connectivity index (χ2v) is 7.84. The third-order valence-electron chi connectivity index (χ3n) is 3.74. The van der Waals surface area contributed by atoms with Gasteiger partial charge in [0.05, 0.1) is 5.75 Å². The molecular weight excluding hydrogens is 294 g/mol. The summed E-state index contributed by atoms with van der Waals surface area (Å²) in [6, 6.07) is 1.85. The molecule has 1 aromatic rings. The van der Waals surface area contributed by atoms with Crippen LogP contribution in [0.3, 0.4) is 0 Å². The number of aliphatic carboxylic acids is 1. The van der Waals surface area contributed by atoms with Crippen molar-refractivity contribution in [2.45, 2.75) is 25.3 Å². The summed E-state index contributed by atoms with van der Waals surface area (Å²) in [6.07, 6.45) is 4.82. The molecule has 1 atom stereocenters. The van der Waals surface area contributed by atoms with Gasteiger partial charge in [-0.05, 0) is 25.5 Å². The van der Waals surface area contributed by atoms with Crippen LogP contribution >= 0.6 is 0 Å². The van der Waals surface area contributed by atoms with E-state index in [1.54, 1.807) is 6.20 Å². The van der Waals surface area contributed by atoms with Gasteiger partial charge < -0.3 is 10.0 Å². The van der Waals surface area contributed by atoms with Gasteiger partial charge in [0.2, 0.25) is 0 Å². The Hall–Kier alpha value is -1.41. The number of likely N-dealkylation sites (tertiary alicyclic amines) is 1. The molecule has 1 N–H and O–H groups in total. The molecule has 2 rings (SSSR count). The molecule has 1 fully saturated rings. The minimum atomic E-state index is -2.96. The summed E-state index contributed by atoms with van der Waals surface area (Å²) in [6.45, 7) is 2.03. The monoisotopic (exact) mass is 315 g/mol. The molecule has 118 valence electrons. The maximum atomic E-state index is 11.3. The lowest BCUT2D eigenvalue weighted by Gasteiger charge is -2.32. The van der Waals surface area contributed by atoms with E-state index in [1.807, 2.05) is 6.07 Å². The van der Waals surface area contributed by atoms with Crippen molar-refractivity contribution >= 4 is 15.8 Å². The summed E-state index contributed by atoms with van der Waals surface area (Å²) in [4.78, 5) is 13.0. The standard InChI is InChI=1S/C13H21N3O4S/c1-21(19,20)8-7-15-6-2-3-11(9-15)12-4-5-14-16(12)10-13(17)18/h4-5,11H,2-3,6-10H2,1H3,(H,17,18). The number of aromatic nitrogens is 2. The quantitative estimate of drug-likeness (QED) is 0.806. The maximum absolute atomic E-state index is 11.3. The lowest BCUT2D eigenvalue weighted by molar-refractivity contribution is -0.137. The number of piperidine rings is 1. The van der Waals surface area contributed by atoms with E-state index in [4.69, 9.17) is 5.11 Å². The summed E-state index contributed by atoms with van der Waals surface area (Å²) in [7, 11) is -2.96. The van der Waals surface area contributed by atoms with Gasteiger partial charge in [0.25, 0.3) is 0 Å². The van der Waals surface area contributed by atoms with E-state index in [0.717, 1.165) is 31.6 Å². The fourth-order valence-electron chi connectivity index (χ4n) is 2.74. The first kappa shape index (κ1) is 16.0. The van der Waals surface area contributed by atoms with Gasteiger partial charge in [-0.2, -0.15) is 5.10 Å². The van der Waals surface area contributed by atoms with Gasteiger partial charge in [0, 0.05) is 37.2 Å². The molecule has 1 unspecified atom stereocenters. The fraction of sp³-hybridized carbons (Fsp3) is 0.692. The minimum absolute atomic E-state index is 0.137. The Labute approximate surface area is 124 Å². The molecule has 7 nitrogen and oxygen atoms in total. The molecule has 0 bridgehead atoms. The summed E-state index contributed by atoms with van der Waals surface area (Å²) < 4.78 is 24.0. The molecule has 1 aliphatic rings. The Morgan fingerprint density at radius 1 is 1.52 bits per heavy atom. The Morgan fingerprint density at radius 3 is 2.95 bits per heavy atom. The normalized spacial score (nSPS) is 20.5. The molecule has 1 aromatic heterocycles. The van der Waals surface area contributed by atoms with Crippen molar-refractivity contribution in [3.63, 3.8) is 0 Å². The van der Waals surface area contributed by atoms with Crippen LogP contribution in [-0.4, -0.2) is 65.8 Å². The van der Waals surface area contributed by atoms with Gasteiger partial charge in [-0.3, -0.25) is 9.48 Å². The first-order valence-corrected chi connectivity index (χ1v) is 9.05. The zero-order valence-electron chi connectivity index (χ0n) is 12.1. The van der Waals surface area contributed by atoms with Crippen molar-refractivity contribution in [1.29, 1.82) is 0 Å². The predicted octanol–water partition coefficient (Wildman–Crippen LogP) is 0.192. The average Bonchev–Trinajstić information content (AvgIpc) is 2.83. The van der Waals surface area contributed by atoms with Crippen molar-refractivity contribution < 1.29 is 18.3 Å². The van der Waals surface area contributed by atoms with Crippen molar-refractivity contribution in [2.24, 2.45) is 0 Å². The van der Waals surface area contributed by atoms with Crippen LogP contribution in [0.2, 0.25) is 0 Å². The van der Waals surface area contributed by atoms with Crippen LogP contribution < -0.4 is 0 Å². The summed E-state index contributed by atoms with van der Waals surface area (Å²) in [5, 5.41) is 13.0. The zero-order chi connectivity index (χ0) is 15.5. The lowest BCUT2D eigenvalue weighted by atomic mass is 9.94. The van der Waals surface area contributed by atoms with Crippen molar-refractivity contribution in [3.8, 4) is 0 Å². The third-order valence-corrected chi connectivity index (χ3v) is 4.66. The number of sulfone groups is 1. The highest BCUT2D eigenvalue weighted by atomic mass is 32.2. The van der Waals surface area contributed by atoms with E-state index < -0.39 is 15.8 Å². The van der Waals surface area contributed by atoms with Gasteiger partial charge in [-0.15, -0.1) is 0 Å². The number of carboxylic acids is 1. The maximum Gasteiger partial charge on any atom is 0.325 e. The van der Waals surface area contributed by atoms with Crippen LogP contribution in [0, 0.1) is 0 Å². The predicted molar refractivity (Wildman–Crippen MR) is 78.0 cm³/mol. The van der Waals surface area contributed by atoms with E-state index >= 15 is 0 Å². The van der Waals surface area contributed by atoms with Crippen LogP contribution in [-0.2, 0) is 21.2 Å². The van der Waals surface area contributed by atoms with E-state index in [1.165, 1.54) is 10.9 Å². The van der Waals surface area contributed by atoms with E-state index in [2.05, 4.69) is 10.00 Å². The molecule has 0 aromatic carbocycles. The number of nitrogens with zero attached hydrogens (tertiary/aromatic N) is 3. The van der Waals surface area contributed by atoms with E-state index in [0.29, 0.717) is 6.54 Å². The summed E-state index contributed by atoms with van der Waals surface area (Å²) in [5.74, 6) is -0.543. The summed E-state index contributed by atoms with van der Waals surface area (Å²) in [5.41, 5.74) is 0.918. The van der Waals surface area contributed by atoms with Gasteiger partial charge in [0.1, 0.15) is 16.4 Å². The Morgan fingerprint density at radius 2 is 2.29 bits per heavy atom. The second-order valence-electron chi connectivity index (χ2n) is 5.58. The first-order valence-electron chi connectivity index (χ1n) is 6.99. The van der Waals surface area contributed by atoms with Gasteiger partial charge in [-0.25, -0.2) is 8.42 Å². The number of rotatable bonds is 6. The highest BCUT2D eigenvalue weighted by Crippen LogP contribution is 2.26. The number of hydrogen-bond donors (Lipinski definition) is 1. The smallest absolute Gasteiger partial charge is 0.325 e. The lowest BCUT2D eigenvalue weighted by Crippen LogP contribution is -2.38. The van der Waals surface area contributed by atoms with Crippen molar-refractivity contribution in [3.05, 3.63) is 18.0 Å². The van der Waals surface area contributed by atoms with Gasteiger partial charge in [0.15, 0.2) is 0 Å². The van der Waals surface area contributed by atoms with Crippen LogP contribution in [0.1, 0.15) is 24.5 Å². The van der Waals surface area contributed by atoms with E-state index in [9.17, 15) is 13.2 Å². The minimum Gasteiger partial charge on any atom is -0.480 e. The average molecular weight is 315 g/mol.